The molecule has 0 aliphatic rings. The average Bonchev–Trinajstić information content (AvgIpc) is 2.47. The second-order valence-electron chi connectivity index (χ2n) is 4.46. The first-order valence-corrected chi connectivity index (χ1v) is 6.54. The Labute approximate surface area is 165 Å². The topological polar surface area (TPSA) is 89.7 Å². The SMILES string of the molecule is O=C(O)c1cccc(Oc2ccc(C(F)(F)F)cc2Cl)c1[N+](=O)[O-].[NaH]. The number of hydrogen-bond donors (Lipinski definition) is 1. The standard InChI is InChI=1S/C14H7ClF3NO5.Na.H/c15-9-6-7(14(16,17)18)4-5-10(9)24-11-3-1-2-8(13(20)21)12(11)19(22)23;;/h1-6H,(H,20,21);;. The minimum absolute atomic E-state index is 0. The number of rotatable bonds is 4. The summed E-state index contributed by atoms with van der Waals surface area (Å²) in [4.78, 5) is 21.2. The van der Waals surface area contributed by atoms with Gasteiger partial charge in [0.2, 0.25) is 5.75 Å². The Balaban J connectivity index is 0.00000312. The van der Waals surface area contributed by atoms with E-state index in [9.17, 15) is 28.1 Å². The van der Waals surface area contributed by atoms with Gasteiger partial charge >= 0.3 is 47.4 Å². The van der Waals surface area contributed by atoms with Gasteiger partial charge in [0.25, 0.3) is 0 Å². The van der Waals surface area contributed by atoms with Crippen molar-refractivity contribution in [2.45, 2.75) is 6.18 Å². The van der Waals surface area contributed by atoms with Gasteiger partial charge in [-0.1, -0.05) is 17.7 Å². The Morgan fingerprint density at radius 2 is 1.84 bits per heavy atom. The van der Waals surface area contributed by atoms with Crippen molar-refractivity contribution in [3.05, 3.63) is 62.7 Å². The van der Waals surface area contributed by atoms with Gasteiger partial charge in [-0.15, -0.1) is 0 Å². The van der Waals surface area contributed by atoms with Crippen LogP contribution in [-0.4, -0.2) is 45.6 Å². The summed E-state index contributed by atoms with van der Waals surface area (Å²) in [5, 5.41) is 19.6. The van der Waals surface area contributed by atoms with Crippen LogP contribution in [0.15, 0.2) is 36.4 Å². The van der Waals surface area contributed by atoms with Gasteiger partial charge in [0, 0.05) is 0 Å². The second-order valence-corrected chi connectivity index (χ2v) is 4.87. The Hall–Kier alpha value is -1.81. The third-order valence-corrected chi connectivity index (χ3v) is 3.19. The van der Waals surface area contributed by atoms with E-state index in [-0.39, 0.29) is 35.3 Å². The van der Waals surface area contributed by atoms with Crippen LogP contribution in [0.5, 0.6) is 11.5 Å². The molecule has 0 aromatic heterocycles. The van der Waals surface area contributed by atoms with Crippen LogP contribution in [-0.2, 0) is 6.18 Å². The number of carboxylic acid groups (broad SMARTS) is 1. The van der Waals surface area contributed by atoms with Crippen LogP contribution >= 0.6 is 11.6 Å². The Bertz CT molecular complexity index is 829. The Kier molecular flexibility index (Phi) is 6.83. The molecule has 2 rings (SSSR count). The molecule has 0 aliphatic carbocycles. The predicted molar refractivity (Wildman–Crippen MR) is 83.7 cm³/mol. The van der Waals surface area contributed by atoms with Crippen molar-refractivity contribution < 1.29 is 32.7 Å². The Morgan fingerprint density at radius 1 is 1.20 bits per heavy atom. The number of nitro benzene ring substituents is 1. The number of aromatic carboxylic acids is 1. The molecular formula is C14H8ClF3NNaO5. The molecule has 11 heteroatoms. The molecule has 25 heavy (non-hydrogen) atoms. The van der Waals surface area contributed by atoms with E-state index in [4.69, 9.17) is 21.4 Å². The molecular weight excluding hydrogens is 378 g/mol. The van der Waals surface area contributed by atoms with Crippen molar-refractivity contribution in [2.24, 2.45) is 0 Å². The van der Waals surface area contributed by atoms with Gasteiger partial charge in [-0.25, -0.2) is 4.79 Å². The van der Waals surface area contributed by atoms with E-state index in [1.807, 2.05) is 0 Å². The zero-order chi connectivity index (χ0) is 18.1. The van der Waals surface area contributed by atoms with Gasteiger partial charge < -0.3 is 9.84 Å². The van der Waals surface area contributed by atoms with Crippen LogP contribution < -0.4 is 4.74 Å². The molecule has 0 radical (unpaired) electrons. The normalized spacial score (nSPS) is 10.7. The van der Waals surface area contributed by atoms with E-state index in [1.54, 1.807) is 0 Å². The zero-order valence-corrected chi connectivity index (χ0v) is 12.3. The molecule has 0 atom stereocenters. The molecule has 6 nitrogen and oxygen atoms in total. The summed E-state index contributed by atoms with van der Waals surface area (Å²) in [6.07, 6.45) is -4.61. The first kappa shape index (κ1) is 21.2. The summed E-state index contributed by atoms with van der Waals surface area (Å²) >= 11 is 5.71. The molecule has 0 spiro atoms. The van der Waals surface area contributed by atoms with Crippen molar-refractivity contribution in [3.8, 4) is 11.5 Å². The van der Waals surface area contributed by atoms with Crippen molar-refractivity contribution in [3.63, 3.8) is 0 Å². The third kappa shape index (κ3) is 4.85. The molecule has 2 aromatic carbocycles. The fourth-order valence-corrected chi connectivity index (χ4v) is 2.06. The van der Waals surface area contributed by atoms with E-state index >= 15 is 0 Å². The maximum atomic E-state index is 12.6. The monoisotopic (exact) mass is 385 g/mol. The van der Waals surface area contributed by atoms with Gasteiger partial charge in [-0.3, -0.25) is 10.1 Å². The number of carbonyl (C=O) groups is 1. The van der Waals surface area contributed by atoms with Crippen LogP contribution in [0.1, 0.15) is 15.9 Å². The summed E-state index contributed by atoms with van der Waals surface area (Å²) in [6, 6.07) is 5.49. The van der Waals surface area contributed by atoms with E-state index < -0.39 is 44.7 Å². The van der Waals surface area contributed by atoms with Crippen molar-refractivity contribution in [1.29, 1.82) is 0 Å². The van der Waals surface area contributed by atoms with Crippen LogP contribution in [0, 0.1) is 10.1 Å². The van der Waals surface area contributed by atoms with Gasteiger partial charge in [0.1, 0.15) is 11.3 Å². The average molecular weight is 386 g/mol. The van der Waals surface area contributed by atoms with E-state index in [0.717, 1.165) is 18.2 Å². The molecule has 0 aliphatic heterocycles. The number of ether oxygens (including phenoxy) is 1. The quantitative estimate of drug-likeness (QED) is 0.486. The van der Waals surface area contributed by atoms with E-state index in [0.29, 0.717) is 12.1 Å². The van der Waals surface area contributed by atoms with Crippen molar-refractivity contribution >= 4 is 52.8 Å². The molecule has 0 heterocycles. The van der Waals surface area contributed by atoms with Gasteiger partial charge in [0.05, 0.1) is 15.5 Å². The molecule has 0 amide bonds. The third-order valence-electron chi connectivity index (χ3n) is 2.89. The van der Waals surface area contributed by atoms with Crippen LogP contribution in [0.25, 0.3) is 0 Å². The number of nitrogens with zero attached hydrogens (tertiary/aromatic N) is 1. The first-order valence-electron chi connectivity index (χ1n) is 6.16. The van der Waals surface area contributed by atoms with Crippen molar-refractivity contribution in [1.82, 2.24) is 0 Å². The summed E-state index contributed by atoms with van der Waals surface area (Å²) < 4.78 is 42.9. The van der Waals surface area contributed by atoms with Crippen molar-refractivity contribution in [2.75, 3.05) is 0 Å². The predicted octanol–water partition coefficient (Wildman–Crippen LogP) is 4.11. The van der Waals surface area contributed by atoms with Crippen LogP contribution in [0.3, 0.4) is 0 Å². The summed E-state index contributed by atoms with van der Waals surface area (Å²) in [7, 11) is 0. The summed E-state index contributed by atoms with van der Waals surface area (Å²) in [5.74, 6) is -2.29. The molecule has 1 N–H and O–H groups in total. The minimum atomic E-state index is -4.61. The number of benzene rings is 2. The van der Waals surface area contributed by atoms with E-state index in [2.05, 4.69) is 0 Å². The molecule has 0 unspecified atom stereocenters. The zero-order valence-electron chi connectivity index (χ0n) is 11.5. The molecule has 2 aromatic rings. The molecule has 128 valence electrons. The number of nitro groups is 1. The number of para-hydroxylation sites is 1. The Morgan fingerprint density at radius 3 is 2.32 bits per heavy atom. The molecule has 0 saturated carbocycles. The fraction of sp³-hybridized carbons (Fsp3) is 0.0714. The van der Waals surface area contributed by atoms with Crippen LogP contribution in [0.4, 0.5) is 18.9 Å². The molecule has 0 saturated heterocycles. The number of hydrogen-bond acceptors (Lipinski definition) is 4. The number of alkyl halides is 3. The van der Waals surface area contributed by atoms with E-state index in [1.165, 1.54) is 6.07 Å². The van der Waals surface area contributed by atoms with Crippen LogP contribution in [0.2, 0.25) is 5.02 Å². The fourth-order valence-electron chi connectivity index (χ4n) is 1.84. The van der Waals surface area contributed by atoms with Gasteiger partial charge in [0.15, 0.2) is 0 Å². The molecule has 0 bridgehead atoms. The van der Waals surface area contributed by atoms with Gasteiger partial charge in [-0.2, -0.15) is 13.2 Å². The summed E-state index contributed by atoms with van der Waals surface area (Å²) in [6.45, 7) is 0. The maximum absolute atomic E-state index is 12.6. The summed E-state index contributed by atoms with van der Waals surface area (Å²) in [5.41, 5.74) is -2.48. The number of halogens is 4. The van der Waals surface area contributed by atoms with Gasteiger partial charge in [-0.05, 0) is 30.3 Å². The number of carboxylic acids is 1. The second kappa shape index (κ2) is 8.05. The first-order chi connectivity index (χ1) is 11.1. The molecule has 0 fully saturated rings.